The maximum Gasteiger partial charge on any atom is 0.296 e. The molecule has 0 spiro atoms. The minimum Gasteiger partial charge on any atom is -0.507 e. The van der Waals surface area contributed by atoms with E-state index in [0.29, 0.717) is 34.3 Å². The van der Waals surface area contributed by atoms with Crippen LogP contribution in [-0.2, 0) is 16.1 Å². The van der Waals surface area contributed by atoms with Gasteiger partial charge in [0.25, 0.3) is 11.7 Å². The molecular formula is C26H21ClN2O5. The van der Waals surface area contributed by atoms with Crippen LogP contribution in [0.2, 0.25) is 5.02 Å². The number of Topliss-reactive ketones (excluding diaryl/α,β-unsaturated/α-hetero) is 1. The first-order chi connectivity index (χ1) is 16.5. The van der Waals surface area contributed by atoms with Crippen molar-refractivity contribution >= 4 is 40.0 Å². The number of nitrogens with one attached hydrogen (secondary N) is 1. The van der Waals surface area contributed by atoms with E-state index in [1.165, 1.54) is 11.2 Å². The van der Waals surface area contributed by atoms with E-state index in [4.69, 9.17) is 20.8 Å². The summed E-state index contributed by atoms with van der Waals surface area (Å²) in [4.78, 5) is 31.1. The summed E-state index contributed by atoms with van der Waals surface area (Å²) in [5.41, 5.74) is 1.87. The van der Waals surface area contributed by atoms with Gasteiger partial charge in [0.05, 0.1) is 36.1 Å². The van der Waals surface area contributed by atoms with Crippen LogP contribution < -0.4 is 4.74 Å². The molecule has 2 aromatic carbocycles. The fourth-order valence-electron chi connectivity index (χ4n) is 4.33. The van der Waals surface area contributed by atoms with Crippen LogP contribution >= 0.6 is 11.6 Å². The van der Waals surface area contributed by atoms with Gasteiger partial charge in [0.2, 0.25) is 0 Å². The molecule has 1 amide bonds. The van der Waals surface area contributed by atoms with Crippen LogP contribution in [0, 0.1) is 0 Å². The number of H-pyrrole nitrogens is 1. The molecule has 5 rings (SSSR count). The van der Waals surface area contributed by atoms with Crippen molar-refractivity contribution in [2.45, 2.75) is 19.5 Å². The summed E-state index contributed by atoms with van der Waals surface area (Å²) < 4.78 is 11.0. The SMILES string of the molecule is CCOc1cc(/C(O)=C2\C(=O)C(=O)N(Cc3ccco3)C2c2c[nH]c3ccccc23)ccc1Cl. The Morgan fingerprint density at radius 1 is 1.18 bits per heavy atom. The van der Waals surface area contributed by atoms with Gasteiger partial charge in [-0.3, -0.25) is 9.59 Å². The van der Waals surface area contributed by atoms with E-state index in [0.717, 1.165) is 10.9 Å². The number of benzene rings is 2. The molecule has 172 valence electrons. The molecule has 34 heavy (non-hydrogen) atoms. The van der Waals surface area contributed by atoms with Crippen LogP contribution in [0.15, 0.2) is 77.0 Å². The van der Waals surface area contributed by atoms with Crippen LogP contribution in [0.25, 0.3) is 16.7 Å². The number of hydrogen-bond donors (Lipinski definition) is 2. The number of carbonyl (C=O) groups is 2. The molecule has 1 fully saturated rings. The topological polar surface area (TPSA) is 95.8 Å². The monoisotopic (exact) mass is 476 g/mol. The van der Waals surface area contributed by atoms with Gasteiger partial charge in [-0.15, -0.1) is 0 Å². The van der Waals surface area contributed by atoms with Crippen molar-refractivity contribution in [1.29, 1.82) is 0 Å². The molecule has 1 aliphatic heterocycles. The van der Waals surface area contributed by atoms with E-state index in [1.54, 1.807) is 36.5 Å². The van der Waals surface area contributed by atoms with Crippen LogP contribution in [0.5, 0.6) is 5.75 Å². The first kappa shape index (κ1) is 21.9. The zero-order valence-corrected chi connectivity index (χ0v) is 19.0. The lowest BCUT2D eigenvalue weighted by Crippen LogP contribution is -2.29. The molecule has 8 heteroatoms. The van der Waals surface area contributed by atoms with Crippen LogP contribution in [0.3, 0.4) is 0 Å². The van der Waals surface area contributed by atoms with Gasteiger partial charge >= 0.3 is 0 Å². The van der Waals surface area contributed by atoms with Crippen molar-refractivity contribution in [3.63, 3.8) is 0 Å². The van der Waals surface area contributed by atoms with E-state index in [2.05, 4.69) is 4.98 Å². The fourth-order valence-corrected chi connectivity index (χ4v) is 4.50. The number of aromatic amines is 1. The number of likely N-dealkylation sites (tertiary alicyclic amines) is 1. The number of aromatic nitrogens is 1. The Labute approximate surface area is 200 Å². The third-order valence-electron chi connectivity index (χ3n) is 5.87. The average Bonchev–Trinajstić information content (AvgIpc) is 3.56. The van der Waals surface area contributed by atoms with Gasteiger partial charge in [0.1, 0.15) is 17.3 Å². The van der Waals surface area contributed by atoms with E-state index in [9.17, 15) is 14.7 Å². The third kappa shape index (κ3) is 3.64. The van der Waals surface area contributed by atoms with E-state index in [-0.39, 0.29) is 17.9 Å². The first-order valence-corrected chi connectivity index (χ1v) is 11.2. The number of nitrogens with zero attached hydrogens (tertiary/aromatic N) is 1. The summed E-state index contributed by atoms with van der Waals surface area (Å²) in [7, 11) is 0. The second-order valence-electron chi connectivity index (χ2n) is 7.87. The number of para-hydroxylation sites is 1. The van der Waals surface area contributed by atoms with Gasteiger partial charge in [-0.05, 0) is 43.3 Å². The molecule has 1 saturated heterocycles. The number of halogens is 1. The second-order valence-corrected chi connectivity index (χ2v) is 8.28. The zero-order valence-electron chi connectivity index (χ0n) is 18.2. The van der Waals surface area contributed by atoms with Crippen molar-refractivity contribution in [3.05, 3.63) is 94.5 Å². The molecule has 0 bridgehead atoms. The highest BCUT2D eigenvalue weighted by atomic mass is 35.5. The Hall–Kier alpha value is -3.97. The summed E-state index contributed by atoms with van der Waals surface area (Å²) in [5.74, 6) is -0.883. The fraction of sp³-hybridized carbons (Fsp3) is 0.154. The van der Waals surface area contributed by atoms with Crippen molar-refractivity contribution in [2.24, 2.45) is 0 Å². The minimum atomic E-state index is -0.826. The minimum absolute atomic E-state index is 0.00826. The lowest BCUT2D eigenvalue weighted by atomic mass is 9.95. The van der Waals surface area contributed by atoms with Gasteiger partial charge in [-0.25, -0.2) is 0 Å². The molecule has 1 atom stereocenters. The molecule has 2 N–H and O–H groups in total. The molecule has 1 aliphatic rings. The van der Waals surface area contributed by atoms with Gasteiger partial charge in [-0.1, -0.05) is 29.8 Å². The van der Waals surface area contributed by atoms with Crippen molar-refractivity contribution < 1.29 is 23.8 Å². The number of aliphatic hydroxyl groups excluding tert-OH is 1. The molecule has 2 aromatic heterocycles. The maximum absolute atomic E-state index is 13.3. The number of amides is 1. The number of aliphatic hydroxyl groups is 1. The molecule has 0 saturated carbocycles. The molecule has 0 aliphatic carbocycles. The van der Waals surface area contributed by atoms with Crippen LogP contribution in [0.1, 0.15) is 29.9 Å². The van der Waals surface area contributed by atoms with Crippen molar-refractivity contribution in [2.75, 3.05) is 6.61 Å². The van der Waals surface area contributed by atoms with Gasteiger partial charge < -0.3 is 24.1 Å². The number of rotatable bonds is 6. The van der Waals surface area contributed by atoms with E-state index >= 15 is 0 Å². The number of hydrogen-bond acceptors (Lipinski definition) is 5. The predicted molar refractivity (Wildman–Crippen MR) is 127 cm³/mol. The number of fused-ring (bicyclic) bond motifs is 1. The van der Waals surface area contributed by atoms with Gasteiger partial charge in [0, 0.05) is 28.2 Å². The Balaban J connectivity index is 1.70. The Morgan fingerprint density at radius 3 is 2.76 bits per heavy atom. The summed E-state index contributed by atoms with van der Waals surface area (Å²) in [6.07, 6.45) is 3.27. The number of ether oxygens (including phenoxy) is 1. The summed E-state index contributed by atoms with van der Waals surface area (Å²) in [6.45, 7) is 2.27. The van der Waals surface area contributed by atoms with E-state index < -0.39 is 17.7 Å². The second kappa shape index (κ2) is 8.76. The largest absolute Gasteiger partial charge is 0.507 e. The predicted octanol–water partition coefficient (Wildman–Crippen LogP) is 5.43. The van der Waals surface area contributed by atoms with Gasteiger partial charge in [-0.2, -0.15) is 0 Å². The normalized spacial score (nSPS) is 17.6. The summed E-state index contributed by atoms with van der Waals surface area (Å²) >= 11 is 6.20. The molecule has 0 radical (unpaired) electrons. The summed E-state index contributed by atoms with van der Waals surface area (Å²) in [6, 6.07) is 15.0. The highest BCUT2D eigenvalue weighted by Gasteiger charge is 2.47. The third-order valence-corrected chi connectivity index (χ3v) is 6.18. The molecular weight excluding hydrogens is 456 g/mol. The number of carbonyl (C=O) groups excluding carboxylic acids is 2. The first-order valence-electron chi connectivity index (χ1n) is 10.8. The highest BCUT2D eigenvalue weighted by molar-refractivity contribution is 6.46. The molecule has 1 unspecified atom stereocenters. The van der Waals surface area contributed by atoms with Crippen molar-refractivity contribution in [3.8, 4) is 5.75 Å². The number of furan rings is 1. The average molecular weight is 477 g/mol. The number of ketones is 1. The molecule has 3 heterocycles. The maximum atomic E-state index is 13.3. The molecule has 7 nitrogen and oxygen atoms in total. The lowest BCUT2D eigenvalue weighted by molar-refractivity contribution is -0.140. The Kier molecular flexibility index (Phi) is 5.63. The van der Waals surface area contributed by atoms with Crippen molar-refractivity contribution in [1.82, 2.24) is 9.88 Å². The quantitative estimate of drug-likeness (QED) is 0.219. The van der Waals surface area contributed by atoms with Gasteiger partial charge in [0.15, 0.2) is 0 Å². The standard InChI is InChI=1S/C26H21ClN2O5/c1-2-33-21-12-15(9-10-19(21)27)24(30)22-23(18-13-28-20-8-4-3-7-17(18)20)29(26(32)25(22)31)14-16-6-5-11-34-16/h3-13,23,28,30H,2,14H2,1H3/b24-22+. The lowest BCUT2D eigenvalue weighted by Gasteiger charge is -2.24. The van der Waals surface area contributed by atoms with E-state index in [1.807, 2.05) is 31.2 Å². The smallest absolute Gasteiger partial charge is 0.296 e. The Morgan fingerprint density at radius 2 is 2.00 bits per heavy atom. The molecule has 4 aromatic rings. The van der Waals surface area contributed by atoms with Crippen LogP contribution in [0.4, 0.5) is 0 Å². The highest BCUT2D eigenvalue weighted by Crippen LogP contribution is 2.43. The summed E-state index contributed by atoms with van der Waals surface area (Å²) in [5, 5.41) is 12.5. The Bertz CT molecular complexity index is 1420. The van der Waals surface area contributed by atoms with Crippen LogP contribution in [-0.4, -0.2) is 33.3 Å². The zero-order chi connectivity index (χ0) is 23.8.